The standard InChI is InChI=1S/C23H21FN2O4/c1-2-29-22-12-17(14-25-26-20-5-3-4-18(13-20)23(27)28)8-11-21(22)30-15-16-6-9-19(24)10-7-16/h3-14,26H,2,15H2,1H3,(H,27,28). The quantitative estimate of drug-likeness (QED) is 0.387. The highest BCUT2D eigenvalue weighted by molar-refractivity contribution is 5.89. The Morgan fingerprint density at radius 3 is 2.60 bits per heavy atom. The van der Waals surface area contributed by atoms with Crippen LogP contribution in [0.5, 0.6) is 11.5 Å². The molecule has 0 heterocycles. The second-order valence-corrected chi connectivity index (χ2v) is 6.31. The van der Waals surface area contributed by atoms with Crippen molar-refractivity contribution in [2.75, 3.05) is 12.0 Å². The van der Waals surface area contributed by atoms with Crippen molar-refractivity contribution >= 4 is 17.9 Å². The molecule has 0 bridgehead atoms. The highest BCUT2D eigenvalue weighted by Gasteiger charge is 2.07. The molecule has 3 rings (SSSR count). The number of rotatable bonds is 9. The van der Waals surface area contributed by atoms with E-state index in [0.717, 1.165) is 11.1 Å². The van der Waals surface area contributed by atoms with Crippen molar-refractivity contribution < 1.29 is 23.8 Å². The zero-order chi connectivity index (χ0) is 21.3. The molecule has 0 unspecified atom stereocenters. The maximum absolute atomic E-state index is 13.0. The third kappa shape index (κ3) is 5.81. The summed E-state index contributed by atoms with van der Waals surface area (Å²) in [6.45, 7) is 2.63. The Morgan fingerprint density at radius 1 is 1.07 bits per heavy atom. The first-order valence-corrected chi connectivity index (χ1v) is 9.31. The number of nitrogens with one attached hydrogen (secondary N) is 1. The van der Waals surface area contributed by atoms with E-state index in [2.05, 4.69) is 10.5 Å². The van der Waals surface area contributed by atoms with Crippen LogP contribution in [0.3, 0.4) is 0 Å². The lowest BCUT2D eigenvalue weighted by Gasteiger charge is -2.12. The van der Waals surface area contributed by atoms with Gasteiger partial charge < -0.3 is 14.6 Å². The molecule has 0 fully saturated rings. The average Bonchev–Trinajstić information content (AvgIpc) is 2.75. The number of carboxylic acid groups (broad SMARTS) is 1. The summed E-state index contributed by atoms with van der Waals surface area (Å²) in [6, 6.07) is 17.9. The number of anilines is 1. The third-order valence-corrected chi connectivity index (χ3v) is 4.09. The van der Waals surface area contributed by atoms with Crippen LogP contribution < -0.4 is 14.9 Å². The van der Waals surface area contributed by atoms with Crippen molar-refractivity contribution in [2.24, 2.45) is 5.10 Å². The molecule has 0 aliphatic rings. The normalized spacial score (nSPS) is 10.7. The van der Waals surface area contributed by atoms with Gasteiger partial charge in [-0.15, -0.1) is 0 Å². The van der Waals surface area contributed by atoms with Gasteiger partial charge in [0.05, 0.1) is 24.1 Å². The number of benzene rings is 3. The van der Waals surface area contributed by atoms with E-state index in [9.17, 15) is 9.18 Å². The first kappa shape index (κ1) is 20.9. The van der Waals surface area contributed by atoms with E-state index in [1.54, 1.807) is 42.6 Å². The van der Waals surface area contributed by atoms with E-state index in [4.69, 9.17) is 14.6 Å². The van der Waals surface area contributed by atoms with Gasteiger partial charge in [0.15, 0.2) is 11.5 Å². The van der Waals surface area contributed by atoms with E-state index in [1.165, 1.54) is 24.3 Å². The van der Waals surface area contributed by atoms with Crippen molar-refractivity contribution in [3.05, 3.63) is 89.2 Å². The summed E-state index contributed by atoms with van der Waals surface area (Å²) >= 11 is 0. The summed E-state index contributed by atoms with van der Waals surface area (Å²) in [6.07, 6.45) is 1.60. The molecule has 0 saturated heterocycles. The molecule has 3 aromatic rings. The van der Waals surface area contributed by atoms with Crippen molar-refractivity contribution in [1.82, 2.24) is 0 Å². The maximum atomic E-state index is 13.0. The van der Waals surface area contributed by atoms with Gasteiger partial charge in [-0.05, 0) is 66.6 Å². The fraction of sp³-hybridized carbons (Fsp3) is 0.130. The first-order valence-electron chi connectivity index (χ1n) is 9.31. The number of hydrogen-bond acceptors (Lipinski definition) is 5. The Hall–Kier alpha value is -3.87. The fourth-order valence-electron chi connectivity index (χ4n) is 2.64. The molecule has 0 saturated carbocycles. The Labute approximate surface area is 173 Å². The molecule has 2 N–H and O–H groups in total. The van der Waals surface area contributed by atoms with Gasteiger partial charge in [-0.2, -0.15) is 5.10 Å². The van der Waals surface area contributed by atoms with Gasteiger partial charge in [-0.25, -0.2) is 9.18 Å². The minimum atomic E-state index is -1.000. The van der Waals surface area contributed by atoms with Crippen LogP contribution in [0.1, 0.15) is 28.4 Å². The van der Waals surface area contributed by atoms with Crippen molar-refractivity contribution in [3.8, 4) is 11.5 Å². The van der Waals surface area contributed by atoms with Crippen LogP contribution in [0.15, 0.2) is 71.8 Å². The summed E-state index contributed by atoms with van der Waals surface area (Å²) in [4.78, 5) is 11.0. The smallest absolute Gasteiger partial charge is 0.335 e. The summed E-state index contributed by atoms with van der Waals surface area (Å²) in [5, 5.41) is 13.2. The van der Waals surface area contributed by atoms with Crippen LogP contribution >= 0.6 is 0 Å². The van der Waals surface area contributed by atoms with Gasteiger partial charge in [0.1, 0.15) is 12.4 Å². The van der Waals surface area contributed by atoms with Crippen LogP contribution in [-0.4, -0.2) is 23.9 Å². The fourth-order valence-corrected chi connectivity index (χ4v) is 2.64. The number of carbonyl (C=O) groups is 1. The predicted octanol–water partition coefficient (Wildman–Crippen LogP) is 4.95. The molecular weight excluding hydrogens is 387 g/mol. The predicted molar refractivity (Wildman–Crippen MR) is 113 cm³/mol. The van der Waals surface area contributed by atoms with E-state index >= 15 is 0 Å². The molecule has 0 aromatic heterocycles. The Morgan fingerprint density at radius 2 is 1.87 bits per heavy atom. The maximum Gasteiger partial charge on any atom is 0.335 e. The van der Waals surface area contributed by atoms with Crippen molar-refractivity contribution in [3.63, 3.8) is 0 Å². The molecule has 0 radical (unpaired) electrons. The second kappa shape index (κ2) is 10.1. The summed E-state index contributed by atoms with van der Waals surface area (Å²) < 4.78 is 24.5. The molecule has 0 atom stereocenters. The summed E-state index contributed by atoms with van der Waals surface area (Å²) in [7, 11) is 0. The van der Waals surface area contributed by atoms with Crippen LogP contribution in [0.25, 0.3) is 0 Å². The molecule has 3 aromatic carbocycles. The monoisotopic (exact) mass is 408 g/mol. The second-order valence-electron chi connectivity index (χ2n) is 6.31. The van der Waals surface area contributed by atoms with Gasteiger partial charge in [0.2, 0.25) is 0 Å². The number of hydrazone groups is 1. The Balaban J connectivity index is 1.67. The summed E-state index contributed by atoms with van der Waals surface area (Å²) in [5.41, 5.74) is 5.17. The SMILES string of the molecule is CCOc1cc(C=NNc2cccc(C(=O)O)c2)ccc1OCc1ccc(F)cc1. The van der Waals surface area contributed by atoms with E-state index < -0.39 is 5.97 Å². The lowest BCUT2D eigenvalue weighted by atomic mass is 10.2. The number of halogens is 1. The van der Waals surface area contributed by atoms with E-state index in [-0.39, 0.29) is 18.0 Å². The van der Waals surface area contributed by atoms with Crippen LogP contribution in [0, 0.1) is 5.82 Å². The van der Waals surface area contributed by atoms with Gasteiger partial charge in [-0.1, -0.05) is 18.2 Å². The van der Waals surface area contributed by atoms with Crippen LogP contribution in [0.2, 0.25) is 0 Å². The molecule has 0 amide bonds. The molecule has 0 spiro atoms. The Kier molecular flexibility index (Phi) is 7.00. The average molecular weight is 408 g/mol. The lowest BCUT2D eigenvalue weighted by molar-refractivity contribution is 0.0697. The van der Waals surface area contributed by atoms with Crippen LogP contribution in [0.4, 0.5) is 10.1 Å². The molecule has 154 valence electrons. The lowest BCUT2D eigenvalue weighted by Crippen LogP contribution is -2.01. The molecule has 6 nitrogen and oxygen atoms in total. The van der Waals surface area contributed by atoms with Gasteiger partial charge >= 0.3 is 5.97 Å². The molecule has 30 heavy (non-hydrogen) atoms. The molecule has 7 heteroatoms. The minimum Gasteiger partial charge on any atom is -0.490 e. The number of carboxylic acids is 1. The largest absolute Gasteiger partial charge is 0.490 e. The van der Waals surface area contributed by atoms with Crippen LogP contribution in [-0.2, 0) is 6.61 Å². The first-order chi connectivity index (χ1) is 14.5. The minimum absolute atomic E-state index is 0.177. The Bertz CT molecular complexity index is 1040. The number of aromatic carboxylic acids is 1. The van der Waals surface area contributed by atoms with Crippen molar-refractivity contribution in [2.45, 2.75) is 13.5 Å². The number of ether oxygens (including phenoxy) is 2. The zero-order valence-corrected chi connectivity index (χ0v) is 16.3. The third-order valence-electron chi connectivity index (χ3n) is 4.09. The van der Waals surface area contributed by atoms with E-state index in [1.807, 2.05) is 13.0 Å². The molecule has 0 aliphatic heterocycles. The number of nitrogens with zero attached hydrogens (tertiary/aromatic N) is 1. The van der Waals surface area contributed by atoms with Crippen molar-refractivity contribution in [1.29, 1.82) is 0 Å². The molecular formula is C23H21FN2O4. The highest BCUT2D eigenvalue weighted by Crippen LogP contribution is 2.29. The van der Waals surface area contributed by atoms with E-state index in [0.29, 0.717) is 23.8 Å². The van der Waals surface area contributed by atoms with Gasteiger partial charge in [-0.3, -0.25) is 5.43 Å². The molecule has 0 aliphatic carbocycles. The topological polar surface area (TPSA) is 80.2 Å². The van der Waals surface area contributed by atoms with Gasteiger partial charge in [0.25, 0.3) is 0 Å². The summed E-state index contributed by atoms with van der Waals surface area (Å²) in [5.74, 6) is -0.155. The number of hydrogen-bond donors (Lipinski definition) is 2. The zero-order valence-electron chi connectivity index (χ0n) is 16.3. The highest BCUT2D eigenvalue weighted by atomic mass is 19.1. The van der Waals surface area contributed by atoms with Gasteiger partial charge in [0, 0.05) is 0 Å².